The number of hydrogen-bond acceptors (Lipinski definition) is 3. The van der Waals surface area contributed by atoms with Gasteiger partial charge < -0.3 is 5.11 Å². The Bertz CT molecular complexity index is 639. The second kappa shape index (κ2) is 5.63. The molecule has 0 fully saturated rings. The van der Waals surface area contributed by atoms with Crippen LogP contribution in [0.15, 0.2) is 66.9 Å². The van der Waals surface area contributed by atoms with Crippen LogP contribution in [0.25, 0.3) is 22.6 Å². The highest BCUT2D eigenvalue weighted by molar-refractivity contribution is 5.65. The Morgan fingerprint density at radius 3 is 2.25 bits per heavy atom. The fourth-order valence-corrected chi connectivity index (χ4v) is 2.08. The molecular formula is C17H14N2O. The molecule has 1 aromatic carbocycles. The van der Waals surface area contributed by atoms with Crippen LogP contribution in [0, 0.1) is 0 Å². The first-order valence-electron chi connectivity index (χ1n) is 6.45. The third-order valence-corrected chi connectivity index (χ3v) is 3.06. The summed E-state index contributed by atoms with van der Waals surface area (Å²) in [6.07, 6.45) is 1.74. The summed E-state index contributed by atoms with van der Waals surface area (Å²) in [4.78, 5) is 8.96. The largest absolute Gasteiger partial charge is 0.392 e. The maximum absolute atomic E-state index is 9.43. The summed E-state index contributed by atoms with van der Waals surface area (Å²) in [6, 6.07) is 19.4. The molecule has 1 N–H and O–H groups in total. The van der Waals surface area contributed by atoms with E-state index in [4.69, 9.17) is 0 Å². The number of hydrogen-bond donors (Lipinski definition) is 1. The Balaban J connectivity index is 2.13. The highest BCUT2D eigenvalue weighted by Gasteiger charge is 2.07. The van der Waals surface area contributed by atoms with Crippen molar-refractivity contribution in [2.24, 2.45) is 0 Å². The summed E-state index contributed by atoms with van der Waals surface area (Å²) in [7, 11) is 0. The van der Waals surface area contributed by atoms with Crippen molar-refractivity contribution >= 4 is 0 Å². The average molecular weight is 262 g/mol. The molecule has 0 radical (unpaired) electrons. The zero-order valence-corrected chi connectivity index (χ0v) is 10.9. The Labute approximate surface area is 117 Å². The van der Waals surface area contributed by atoms with Gasteiger partial charge in [0.1, 0.15) is 0 Å². The minimum absolute atomic E-state index is 0.0117. The maximum Gasteiger partial charge on any atom is 0.0897 e. The lowest BCUT2D eigenvalue weighted by Gasteiger charge is -2.07. The summed E-state index contributed by atoms with van der Waals surface area (Å²) in [5.74, 6) is 0. The van der Waals surface area contributed by atoms with E-state index >= 15 is 0 Å². The van der Waals surface area contributed by atoms with E-state index in [1.165, 1.54) is 0 Å². The molecule has 0 aliphatic rings. The monoisotopic (exact) mass is 262 g/mol. The normalized spacial score (nSPS) is 10.4. The second-order valence-corrected chi connectivity index (χ2v) is 4.48. The van der Waals surface area contributed by atoms with Gasteiger partial charge in [-0.15, -0.1) is 0 Å². The van der Waals surface area contributed by atoms with Gasteiger partial charge in [0.15, 0.2) is 0 Å². The van der Waals surface area contributed by atoms with Crippen LogP contribution in [-0.2, 0) is 6.61 Å². The van der Waals surface area contributed by atoms with Crippen molar-refractivity contribution in [1.82, 2.24) is 9.97 Å². The first kappa shape index (κ1) is 12.5. The molecule has 0 aliphatic heterocycles. The van der Waals surface area contributed by atoms with E-state index in [2.05, 4.69) is 9.97 Å². The van der Waals surface area contributed by atoms with Gasteiger partial charge in [0.25, 0.3) is 0 Å². The Morgan fingerprint density at radius 2 is 1.55 bits per heavy atom. The minimum atomic E-state index is -0.0117. The summed E-state index contributed by atoms with van der Waals surface area (Å²) in [5.41, 5.74) is 4.29. The molecule has 0 saturated carbocycles. The third kappa shape index (κ3) is 2.58. The lowest BCUT2D eigenvalue weighted by molar-refractivity contribution is 0.282. The highest BCUT2D eigenvalue weighted by Crippen LogP contribution is 2.23. The van der Waals surface area contributed by atoms with Crippen LogP contribution in [0.2, 0.25) is 0 Å². The average Bonchev–Trinajstić information content (AvgIpc) is 2.56. The smallest absolute Gasteiger partial charge is 0.0897 e. The van der Waals surface area contributed by atoms with Gasteiger partial charge in [-0.05, 0) is 29.8 Å². The molecule has 2 aromatic heterocycles. The highest BCUT2D eigenvalue weighted by atomic mass is 16.3. The van der Waals surface area contributed by atoms with E-state index in [-0.39, 0.29) is 6.61 Å². The van der Waals surface area contributed by atoms with Crippen molar-refractivity contribution in [1.29, 1.82) is 0 Å². The molecule has 3 heteroatoms. The molecule has 0 aliphatic carbocycles. The third-order valence-electron chi connectivity index (χ3n) is 3.06. The molecule has 3 aromatic rings. The standard InChI is InChI=1S/C17H14N2O/c20-12-13-10-16(14-6-2-1-3-7-14)19-17(11-13)15-8-4-5-9-18-15/h1-11,20H,12H2. The zero-order chi connectivity index (χ0) is 13.8. The fraction of sp³-hybridized carbons (Fsp3) is 0.0588. The van der Waals surface area contributed by atoms with Crippen molar-refractivity contribution in [2.75, 3.05) is 0 Å². The van der Waals surface area contributed by atoms with E-state index in [1.807, 2.05) is 60.7 Å². The molecule has 0 unspecified atom stereocenters. The van der Waals surface area contributed by atoms with E-state index in [0.29, 0.717) is 0 Å². The molecule has 0 bridgehead atoms. The summed E-state index contributed by atoms with van der Waals surface area (Å²) in [5, 5.41) is 9.43. The zero-order valence-electron chi connectivity index (χ0n) is 10.9. The van der Waals surface area contributed by atoms with Gasteiger partial charge in [-0.2, -0.15) is 0 Å². The number of nitrogens with zero attached hydrogens (tertiary/aromatic N) is 2. The predicted molar refractivity (Wildman–Crippen MR) is 78.8 cm³/mol. The number of pyridine rings is 2. The minimum Gasteiger partial charge on any atom is -0.392 e. The predicted octanol–water partition coefficient (Wildman–Crippen LogP) is 3.30. The first-order chi connectivity index (χ1) is 9.86. The van der Waals surface area contributed by atoms with Crippen molar-refractivity contribution in [3.63, 3.8) is 0 Å². The van der Waals surface area contributed by atoms with Crippen LogP contribution in [0.3, 0.4) is 0 Å². The quantitative estimate of drug-likeness (QED) is 0.787. The molecule has 20 heavy (non-hydrogen) atoms. The van der Waals surface area contributed by atoms with E-state index in [0.717, 1.165) is 28.2 Å². The number of aliphatic hydroxyl groups excluding tert-OH is 1. The van der Waals surface area contributed by atoms with E-state index in [1.54, 1.807) is 6.20 Å². The topological polar surface area (TPSA) is 46.0 Å². The van der Waals surface area contributed by atoms with Crippen molar-refractivity contribution < 1.29 is 5.11 Å². The van der Waals surface area contributed by atoms with Gasteiger partial charge in [0.05, 0.1) is 23.7 Å². The lowest BCUT2D eigenvalue weighted by Crippen LogP contribution is -1.94. The molecule has 0 amide bonds. The van der Waals surface area contributed by atoms with Crippen LogP contribution >= 0.6 is 0 Å². The molecular weight excluding hydrogens is 248 g/mol. The number of rotatable bonds is 3. The van der Waals surface area contributed by atoms with E-state index in [9.17, 15) is 5.11 Å². The van der Waals surface area contributed by atoms with Crippen LogP contribution in [0.1, 0.15) is 5.56 Å². The number of aliphatic hydroxyl groups is 1. The number of aromatic nitrogens is 2. The first-order valence-corrected chi connectivity index (χ1v) is 6.45. The van der Waals surface area contributed by atoms with Gasteiger partial charge in [0, 0.05) is 11.8 Å². The number of benzene rings is 1. The fourth-order valence-electron chi connectivity index (χ4n) is 2.08. The van der Waals surface area contributed by atoms with Crippen molar-refractivity contribution in [3.8, 4) is 22.6 Å². The Hall–Kier alpha value is -2.52. The summed E-state index contributed by atoms with van der Waals surface area (Å²) in [6.45, 7) is -0.0117. The van der Waals surface area contributed by atoms with Gasteiger partial charge in [-0.3, -0.25) is 4.98 Å². The molecule has 0 atom stereocenters. The lowest BCUT2D eigenvalue weighted by atomic mass is 10.1. The second-order valence-electron chi connectivity index (χ2n) is 4.48. The molecule has 0 saturated heterocycles. The summed E-state index contributed by atoms with van der Waals surface area (Å²) < 4.78 is 0. The summed E-state index contributed by atoms with van der Waals surface area (Å²) >= 11 is 0. The molecule has 2 heterocycles. The Kier molecular flexibility index (Phi) is 3.52. The van der Waals surface area contributed by atoms with Crippen LogP contribution in [0.4, 0.5) is 0 Å². The van der Waals surface area contributed by atoms with Gasteiger partial charge in [-0.1, -0.05) is 36.4 Å². The van der Waals surface area contributed by atoms with Crippen LogP contribution in [-0.4, -0.2) is 15.1 Å². The molecule has 98 valence electrons. The van der Waals surface area contributed by atoms with Crippen LogP contribution in [0.5, 0.6) is 0 Å². The van der Waals surface area contributed by atoms with E-state index < -0.39 is 0 Å². The van der Waals surface area contributed by atoms with Gasteiger partial charge >= 0.3 is 0 Å². The SMILES string of the molecule is OCc1cc(-c2ccccc2)nc(-c2ccccn2)c1. The van der Waals surface area contributed by atoms with Crippen molar-refractivity contribution in [2.45, 2.75) is 6.61 Å². The molecule has 0 spiro atoms. The Morgan fingerprint density at radius 1 is 0.800 bits per heavy atom. The maximum atomic E-state index is 9.43. The molecule has 3 nitrogen and oxygen atoms in total. The van der Waals surface area contributed by atoms with Crippen LogP contribution < -0.4 is 0 Å². The van der Waals surface area contributed by atoms with Crippen molar-refractivity contribution in [3.05, 3.63) is 72.4 Å². The molecule has 3 rings (SSSR count). The van der Waals surface area contributed by atoms with Gasteiger partial charge in [0.2, 0.25) is 0 Å². The van der Waals surface area contributed by atoms with Gasteiger partial charge in [-0.25, -0.2) is 4.98 Å².